The highest BCUT2D eigenvalue weighted by atomic mass is 32.2. The summed E-state index contributed by atoms with van der Waals surface area (Å²) in [5.74, 6) is -2.99. The lowest BCUT2D eigenvalue weighted by Gasteiger charge is -2.51. The van der Waals surface area contributed by atoms with Crippen LogP contribution >= 0.6 is 11.8 Å². The highest BCUT2D eigenvalue weighted by Crippen LogP contribution is 2.54. The number of rotatable bonds is 7. The zero-order chi connectivity index (χ0) is 19.2. The van der Waals surface area contributed by atoms with Gasteiger partial charge in [0.1, 0.15) is 23.0 Å². The predicted molar refractivity (Wildman–Crippen MR) is 89.7 cm³/mol. The minimum Gasteiger partial charge on any atom is -0.480 e. The Labute approximate surface area is 149 Å². The van der Waals surface area contributed by atoms with Crippen molar-refractivity contribution in [2.45, 2.75) is 67.8 Å². The molecule has 0 saturated carbocycles. The molecule has 2 amide bonds. The fourth-order valence-corrected chi connectivity index (χ4v) is 4.94. The molecular weight excluding hydrogens is 350 g/mol. The Hall–Kier alpha value is -1.81. The largest absolute Gasteiger partial charge is 0.480 e. The zero-order valence-electron chi connectivity index (χ0n) is 14.3. The van der Waals surface area contributed by atoms with Crippen LogP contribution in [0.2, 0.25) is 0 Å². The van der Waals surface area contributed by atoms with Crippen LogP contribution in [0.25, 0.3) is 0 Å². The van der Waals surface area contributed by atoms with E-state index in [1.54, 1.807) is 20.8 Å². The summed E-state index contributed by atoms with van der Waals surface area (Å²) in [7, 11) is 0. The number of amides is 2. The molecule has 2 heterocycles. The molecule has 0 spiro atoms. The van der Waals surface area contributed by atoms with Crippen LogP contribution in [0.5, 0.6) is 0 Å². The number of aliphatic carboxylic acids is 2. The fourth-order valence-electron chi connectivity index (χ4n) is 3.30. The third-order valence-corrected chi connectivity index (χ3v) is 6.40. The molecule has 0 bridgehead atoms. The van der Waals surface area contributed by atoms with Crippen LogP contribution in [0.1, 0.15) is 40.0 Å². The average molecular weight is 373 g/mol. The van der Waals surface area contributed by atoms with Gasteiger partial charge in [-0.05, 0) is 33.6 Å². The number of hydrogen-bond donors (Lipinski definition) is 4. The van der Waals surface area contributed by atoms with Gasteiger partial charge in [-0.15, -0.1) is 11.8 Å². The Morgan fingerprint density at radius 2 is 1.92 bits per heavy atom. The second kappa shape index (κ2) is 6.49. The Kier molecular flexibility index (Phi) is 5.06. The van der Waals surface area contributed by atoms with Gasteiger partial charge in [0.15, 0.2) is 0 Å². The van der Waals surface area contributed by atoms with Gasteiger partial charge in [-0.25, -0.2) is 4.79 Å². The molecule has 2 aliphatic heterocycles. The van der Waals surface area contributed by atoms with Crippen LogP contribution in [0.4, 0.5) is 0 Å². The molecule has 25 heavy (non-hydrogen) atoms. The van der Waals surface area contributed by atoms with E-state index in [2.05, 4.69) is 5.32 Å². The third-order valence-electron chi connectivity index (χ3n) is 4.65. The molecule has 4 atom stereocenters. The van der Waals surface area contributed by atoms with Gasteiger partial charge in [0.05, 0.1) is 0 Å². The van der Waals surface area contributed by atoms with Crippen LogP contribution in [0.3, 0.4) is 0 Å². The number of β-lactam (4-membered cyclic amide) rings is 1. The first-order valence-electron chi connectivity index (χ1n) is 7.94. The average Bonchev–Trinajstić information content (AvgIpc) is 2.76. The molecule has 2 rings (SSSR count). The molecule has 0 unspecified atom stereocenters. The van der Waals surface area contributed by atoms with Crippen molar-refractivity contribution in [3.05, 3.63) is 0 Å². The summed E-state index contributed by atoms with van der Waals surface area (Å²) >= 11 is 1.35. The summed E-state index contributed by atoms with van der Waals surface area (Å²) in [6.45, 7) is 5.11. The maximum atomic E-state index is 12.5. The summed E-state index contributed by atoms with van der Waals surface area (Å²) in [5.41, 5.74) is 4.23. The number of carbonyl (C=O) groups excluding carboxylic acids is 2. The fraction of sp³-hybridized carbons (Fsp3) is 0.733. The topological polar surface area (TPSA) is 150 Å². The molecule has 140 valence electrons. The molecule has 0 aliphatic carbocycles. The van der Waals surface area contributed by atoms with Crippen molar-refractivity contribution in [2.75, 3.05) is 0 Å². The second-order valence-electron chi connectivity index (χ2n) is 7.11. The lowest BCUT2D eigenvalue weighted by Crippen LogP contribution is -2.78. The number of nitrogens with two attached hydrogens (primary N) is 1. The van der Waals surface area contributed by atoms with Gasteiger partial charge in [-0.2, -0.15) is 0 Å². The van der Waals surface area contributed by atoms with E-state index in [9.17, 15) is 24.3 Å². The van der Waals surface area contributed by atoms with Crippen molar-refractivity contribution in [3.8, 4) is 0 Å². The van der Waals surface area contributed by atoms with E-state index >= 15 is 0 Å². The molecule has 0 radical (unpaired) electrons. The van der Waals surface area contributed by atoms with Crippen LogP contribution in [-0.4, -0.2) is 66.6 Å². The normalized spacial score (nSPS) is 31.0. The number of carboxylic acid groups (broad SMARTS) is 2. The number of nitrogens with one attached hydrogen (secondary N) is 1. The van der Waals surface area contributed by atoms with Crippen LogP contribution in [-0.2, 0) is 19.2 Å². The number of carboxylic acids is 2. The van der Waals surface area contributed by atoms with Crippen LogP contribution < -0.4 is 11.1 Å². The molecule has 10 heteroatoms. The first kappa shape index (κ1) is 19.5. The first-order chi connectivity index (χ1) is 11.4. The molecule has 0 aromatic rings. The van der Waals surface area contributed by atoms with Crippen molar-refractivity contribution < 1.29 is 29.4 Å². The molecule has 2 aliphatic rings. The van der Waals surface area contributed by atoms with E-state index in [4.69, 9.17) is 10.8 Å². The summed E-state index contributed by atoms with van der Waals surface area (Å²) in [4.78, 5) is 48.1. The Morgan fingerprint density at radius 1 is 1.32 bits per heavy atom. The predicted octanol–water partition coefficient (Wildman–Crippen LogP) is -0.410. The van der Waals surface area contributed by atoms with Crippen molar-refractivity contribution in [3.63, 3.8) is 0 Å². The van der Waals surface area contributed by atoms with Crippen molar-refractivity contribution in [2.24, 2.45) is 5.73 Å². The van der Waals surface area contributed by atoms with Crippen LogP contribution in [0, 0.1) is 0 Å². The number of fused-ring (bicyclic) bond motifs is 1. The van der Waals surface area contributed by atoms with Gasteiger partial charge < -0.3 is 26.2 Å². The van der Waals surface area contributed by atoms with Crippen LogP contribution in [0.15, 0.2) is 0 Å². The molecule has 0 aromatic carbocycles. The van der Waals surface area contributed by atoms with E-state index < -0.39 is 45.6 Å². The molecule has 5 N–H and O–H groups in total. The van der Waals surface area contributed by atoms with Gasteiger partial charge in [-0.3, -0.25) is 14.4 Å². The SMILES string of the molecule is CC1(C)S[C@H]2N(C(=O)[C@@]2(C)NC(=O)CCC[C@@H](N)C(=O)O)[C@H]1C(=O)O. The van der Waals surface area contributed by atoms with Gasteiger partial charge in [0.2, 0.25) is 5.91 Å². The molecule has 0 aromatic heterocycles. The van der Waals surface area contributed by atoms with Gasteiger partial charge in [-0.1, -0.05) is 0 Å². The van der Waals surface area contributed by atoms with Crippen molar-refractivity contribution in [1.82, 2.24) is 10.2 Å². The lowest BCUT2D eigenvalue weighted by atomic mass is 9.86. The lowest BCUT2D eigenvalue weighted by molar-refractivity contribution is -0.167. The zero-order valence-corrected chi connectivity index (χ0v) is 15.1. The van der Waals surface area contributed by atoms with E-state index in [-0.39, 0.29) is 25.2 Å². The van der Waals surface area contributed by atoms with Crippen molar-refractivity contribution in [1.29, 1.82) is 0 Å². The van der Waals surface area contributed by atoms with Gasteiger partial charge in [0.25, 0.3) is 5.91 Å². The Balaban J connectivity index is 1.97. The maximum absolute atomic E-state index is 12.5. The van der Waals surface area contributed by atoms with E-state index in [1.165, 1.54) is 16.7 Å². The van der Waals surface area contributed by atoms with Gasteiger partial charge >= 0.3 is 11.9 Å². The smallest absolute Gasteiger partial charge is 0.327 e. The molecule has 2 fully saturated rings. The summed E-state index contributed by atoms with van der Waals surface area (Å²) in [6.07, 6.45) is 0.493. The van der Waals surface area contributed by atoms with E-state index in [0.717, 1.165) is 0 Å². The molecular formula is C15H23N3O6S. The molecule has 2 saturated heterocycles. The first-order valence-corrected chi connectivity index (χ1v) is 8.82. The monoisotopic (exact) mass is 373 g/mol. The van der Waals surface area contributed by atoms with Gasteiger partial charge in [0, 0.05) is 11.2 Å². The quantitative estimate of drug-likeness (QED) is 0.440. The minimum atomic E-state index is -1.15. The standard InChI is InChI=1S/C15H23N3O6S/c1-14(2)9(11(22)23)18-12(24)15(3,13(18)25-14)17-8(19)6-4-5-7(16)10(20)21/h7,9,13H,4-6,16H2,1-3H3,(H,17,19)(H,20,21)(H,22,23)/t7-,9+,13-,15-/m1/s1. The minimum absolute atomic E-state index is 0.0486. The number of carbonyl (C=O) groups is 4. The molecule has 9 nitrogen and oxygen atoms in total. The summed E-state index contributed by atoms with van der Waals surface area (Å²) in [6, 6.07) is -1.96. The highest BCUT2D eigenvalue weighted by Gasteiger charge is 2.69. The number of thioether (sulfide) groups is 1. The Morgan fingerprint density at radius 3 is 2.44 bits per heavy atom. The summed E-state index contributed by atoms with van der Waals surface area (Å²) < 4.78 is -0.664. The number of hydrogen-bond acceptors (Lipinski definition) is 6. The summed E-state index contributed by atoms with van der Waals surface area (Å²) in [5, 5.41) is 20.3. The van der Waals surface area contributed by atoms with E-state index in [1.807, 2.05) is 0 Å². The van der Waals surface area contributed by atoms with E-state index in [0.29, 0.717) is 0 Å². The Bertz CT molecular complexity index is 624. The maximum Gasteiger partial charge on any atom is 0.327 e. The highest BCUT2D eigenvalue weighted by molar-refractivity contribution is 8.01. The third kappa shape index (κ3) is 3.32. The number of nitrogens with zero attached hydrogens (tertiary/aromatic N) is 1. The van der Waals surface area contributed by atoms with Crippen molar-refractivity contribution >= 4 is 35.5 Å². The second-order valence-corrected chi connectivity index (χ2v) is 8.85.